The van der Waals surface area contributed by atoms with Crippen LogP contribution in [-0.4, -0.2) is 98.1 Å². The summed E-state index contributed by atoms with van der Waals surface area (Å²) in [5.74, 6) is -8.04. The van der Waals surface area contributed by atoms with Gasteiger partial charge in [0.05, 0.1) is 65.4 Å². The molecule has 0 bridgehead atoms. The minimum Gasteiger partial charge on any atom is -0.478 e. The molecule has 4 heterocycles. The molecule has 22 nitrogen and oxygen atoms in total. The number of nitrogens with zero attached hydrogens (tertiary/aromatic N) is 4. The number of fused-ring (bicyclic) bond motifs is 4. The van der Waals surface area contributed by atoms with E-state index in [0.29, 0.717) is 87.8 Å². The number of sulfone groups is 1. The molecule has 10 aromatic carbocycles. The zero-order valence-electron chi connectivity index (χ0n) is 47.4. The highest BCUT2D eigenvalue weighted by atomic mass is 32.2. The Morgan fingerprint density at radius 2 is 0.473 bits per heavy atom. The van der Waals surface area contributed by atoms with Crippen molar-refractivity contribution in [1.29, 1.82) is 0 Å². The van der Waals surface area contributed by atoms with Gasteiger partial charge >= 0.3 is 11.9 Å². The van der Waals surface area contributed by atoms with Crippen molar-refractivity contribution in [3.63, 3.8) is 0 Å². The standard InChI is InChI=1S/C70H38N4O18S/c75-61-53-29-13-43(37-1-5-41(6-2-37)69(83)84)33-57(53)65(79)71(61)91-73-63(77)55-31-15-45(35-59(55)67(73)81)39-9-17-47(18-10-39)89-49-21-25-51(26-22-49)93(87,88)52-27-23-50(24-28-52)90-48-19-11-40(12-20-48)46-16-32-56-60(36-46)68(82)74(64(56)78)92-72-62(76)54-30-14-44(34-58(54)66(72)80)38-3-7-42(8-4-38)70(85)86/h1-36H,(H,83,84)(H,85,86). The van der Waals surface area contributed by atoms with Crippen LogP contribution in [-0.2, 0) is 19.7 Å². The third-order valence-electron chi connectivity index (χ3n) is 15.8. The maximum absolute atomic E-state index is 13.7. The molecule has 0 saturated carbocycles. The van der Waals surface area contributed by atoms with Crippen LogP contribution in [0.1, 0.15) is 104 Å². The molecule has 0 aromatic heterocycles. The lowest BCUT2D eigenvalue weighted by atomic mass is 9.99. The van der Waals surface area contributed by atoms with Gasteiger partial charge in [-0.15, -0.1) is 30.1 Å². The van der Waals surface area contributed by atoms with Gasteiger partial charge in [-0.3, -0.25) is 38.4 Å². The number of ether oxygens (including phenoxy) is 2. The Morgan fingerprint density at radius 3 is 0.710 bits per heavy atom. The average Bonchev–Trinajstić information content (AvgIpc) is 2.26. The summed E-state index contributed by atoms with van der Waals surface area (Å²) >= 11 is 0. The van der Waals surface area contributed by atoms with Gasteiger partial charge in [-0.2, -0.15) is 0 Å². The molecule has 0 fully saturated rings. The Balaban J connectivity index is 0.571. The maximum Gasteiger partial charge on any atom is 0.335 e. The number of amides is 8. The highest BCUT2D eigenvalue weighted by Gasteiger charge is 2.47. The Kier molecular flexibility index (Phi) is 13.9. The van der Waals surface area contributed by atoms with E-state index in [-0.39, 0.29) is 65.4 Å². The van der Waals surface area contributed by atoms with Crippen LogP contribution in [0.2, 0.25) is 0 Å². The van der Waals surface area contributed by atoms with E-state index in [2.05, 4.69) is 0 Å². The van der Waals surface area contributed by atoms with Crippen LogP contribution in [0.4, 0.5) is 0 Å². The SMILES string of the molecule is O=C(O)c1ccc(-c2ccc3c(c2)C(=O)N(ON2C(=O)c4ccc(-c5ccc(Oc6ccc(S(=O)(=O)c7ccc(Oc8ccc(-c9ccc%10c(c9)C(=O)N(ON9C(=O)c%11ccc(-c%12ccc(C(=O)O)cc%12)cc%11C9=O)C%10=O)cc8)cc7)cc6)cc5)cc4C2=O)C3=O)cc1. The van der Waals surface area contributed by atoms with Gasteiger partial charge in [-0.05, 0) is 190 Å². The van der Waals surface area contributed by atoms with Crippen LogP contribution in [0.3, 0.4) is 0 Å². The second kappa shape index (κ2) is 22.3. The van der Waals surface area contributed by atoms with Gasteiger partial charge < -0.3 is 19.7 Å². The topological polar surface area (TPSA) is 295 Å². The van der Waals surface area contributed by atoms with Crippen molar-refractivity contribution < 1.29 is 85.9 Å². The van der Waals surface area contributed by atoms with Crippen molar-refractivity contribution in [2.45, 2.75) is 9.79 Å². The van der Waals surface area contributed by atoms with Gasteiger partial charge in [0.1, 0.15) is 23.0 Å². The Hall–Kier alpha value is -12.8. The molecule has 14 rings (SSSR count). The minimum atomic E-state index is -4.01. The quantitative estimate of drug-likeness (QED) is 0.0850. The number of benzene rings is 10. The number of carbonyl (C=O) groups is 10. The van der Waals surface area contributed by atoms with Crippen molar-refractivity contribution in [2.24, 2.45) is 0 Å². The second-order valence-electron chi connectivity index (χ2n) is 21.3. The first-order chi connectivity index (χ1) is 44.8. The summed E-state index contributed by atoms with van der Waals surface area (Å²) in [5, 5.41) is 19.9. The van der Waals surface area contributed by atoms with Gasteiger partial charge in [0.15, 0.2) is 0 Å². The van der Waals surface area contributed by atoms with Gasteiger partial charge in [-0.1, -0.05) is 72.8 Å². The molecular formula is C70H38N4O18S. The number of carbonyl (C=O) groups excluding carboxylic acids is 8. The van der Waals surface area contributed by atoms with E-state index in [1.807, 2.05) is 0 Å². The summed E-state index contributed by atoms with van der Waals surface area (Å²) < 4.78 is 39.5. The molecule has 2 N–H and O–H groups in total. The van der Waals surface area contributed by atoms with E-state index >= 15 is 0 Å². The molecular weight excluding hydrogens is 1220 g/mol. The van der Waals surface area contributed by atoms with E-state index in [1.165, 1.54) is 121 Å². The van der Waals surface area contributed by atoms with E-state index in [1.54, 1.807) is 97.1 Å². The van der Waals surface area contributed by atoms with Crippen molar-refractivity contribution >= 4 is 69.0 Å². The summed E-state index contributed by atoms with van der Waals surface area (Å²) in [6.07, 6.45) is 0. The lowest BCUT2D eigenvalue weighted by Gasteiger charge is -2.18. The van der Waals surface area contributed by atoms with Gasteiger partial charge in [0.2, 0.25) is 9.84 Å². The van der Waals surface area contributed by atoms with E-state index < -0.39 is 69.0 Å². The van der Waals surface area contributed by atoms with Gasteiger partial charge in [0.25, 0.3) is 47.3 Å². The van der Waals surface area contributed by atoms with E-state index in [0.717, 1.165) is 0 Å². The normalized spacial score (nSPS) is 14.0. The van der Waals surface area contributed by atoms with Crippen LogP contribution in [0.25, 0.3) is 44.5 Å². The number of carboxylic acid groups (broad SMARTS) is 2. The Morgan fingerprint density at radius 1 is 0.269 bits per heavy atom. The smallest absolute Gasteiger partial charge is 0.335 e. The molecule has 0 saturated heterocycles. The fourth-order valence-electron chi connectivity index (χ4n) is 10.9. The number of carboxylic acids is 2. The molecule has 0 aliphatic carbocycles. The highest BCUT2D eigenvalue weighted by Crippen LogP contribution is 2.38. The fourth-order valence-corrected chi connectivity index (χ4v) is 12.1. The monoisotopic (exact) mass is 1250 g/mol. The number of hydrogen-bond donors (Lipinski definition) is 2. The first-order valence-electron chi connectivity index (χ1n) is 27.9. The first-order valence-corrected chi connectivity index (χ1v) is 29.4. The number of hydrogen-bond acceptors (Lipinski definition) is 16. The summed E-state index contributed by atoms with van der Waals surface area (Å²) in [6, 6.07) is 54.7. The summed E-state index contributed by atoms with van der Waals surface area (Å²) in [4.78, 5) is 141. The first kappa shape index (κ1) is 57.9. The van der Waals surface area contributed by atoms with Crippen molar-refractivity contribution in [2.75, 3.05) is 0 Å². The molecule has 23 heteroatoms. The molecule has 0 unspecified atom stereocenters. The van der Waals surface area contributed by atoms with Crippen LogP contribution < -0.4 is 9.47 Å². The molecule has 4 aliphatic heterocycles. The number of imide groups is 4. The van der Waals surface area contributed by atoms with Crippen molar-refractivity contribution in [3.8, 4) is 67.5 Å². The molecule has 452 valence electrons. The fraction of sp³-hybridized carbons (Fsp3) is 0. The van der Waals surface area contributed by atoms with Crippen LogP contribution in [0.5, 0.6) is 23.0 Å². The lowest BCUT2D eigenvalue weighted by Crippen LogP contribution is -2.41. The van der Waals surface area contributed by atoms with Crippen molar-refractivity contribution in [3.05, 3.63) is 274 Å². The molecule has 10 aromatic rings. The average molecular weight is 1260 g/mol. The minimum absolute atomic E-state index is 0.00922. The highest BCUT2D eigenvalue weighted by molar-refractivity contribution is 7.91. The predicted octanol–water partition coefficient (Wildman–Crippen LogP) is 11.6. The summed E-state index contributed by atoms with van der Waals surface area (Å²) in [5.41, 5.74) is 4.33. The number of rotatable bonds is 16. The third kappa shape index (κ3) is 10.2. The second-order valence-corrected chi connectivity index (χ2v) is 23.2. The predicted molar refractivity (Wildman–Crippen MR) is 324 cm³/mol. The third-order valence-corrected chi connectivity index (χ3v) is 17.6. The number of aromatic carboxylic acids is 2. The molecule has 93 heavy (non-hydrogen) atoms. The number of hydroxylamine groups is 8. The molecule has 0 spiro atoms. The lowest BCUT2D eigenvalue weighted by molar-refractivity contribution is -0.216. The van der Waals surface area contributed by atoms with E-state index in [9.17, 15) is 66.6 Å². The van der Waals surface area contributed by atoms with Gasteiger partial charge in [0, 0.05) is 0 Å². The van der Waals surface area contributed by atoms with Crippen LogP contribution in [0.15, 0.2) is 228 Å². The van der Waals surface area contributed by atoms with Gasteiger partial charge in [-0.25, -0.2) is 18.0 Å². The Bertz CT molecular complexity index is 4780. The molecule has 4 aliphatic rings. The Labute approximate surface area is 524 Å². The zero-order chi connectivity index (χ0) is 64.7. The zero-order valence-corrected chi connectivity index (χ0v) is 48.2. The molecule has 0 atom stereocenters. The van der Waals surface area contributed by atoms with E-state index in [4.69, 9.17) is 19.4 Å². The molecule has 0 radical (unpaired) electrons. The summed E-state index contributed by atoms with van der Waals surface area (Å²) in [7, 11) is -4.01. The largest absolute Gasteiger partial charge is 0.478 e. The van der Waals surface area contributed by atoms with Crippen molar-refractivity contribution in [1.82, 2.24) is 20.3 Å². The van der Waals surface area contributed by atoms with Crippen LogP contribution >= 0.6 is 0 Å². The summed E-state index contributed by atoms with van der Waals surface area (Å²) in [6.45, 7) is 0. The van der Waals surface area contributed by atoms with Crippen LogP contribution in [0, 0.1) is 0 Å². The maximum atomic E-state index is 13.7. The molecule has 8 amide bonds.